The van der Waals surface area contributed by atoms with Crippen LogP contribution in [0.3, 0.4) is 0 Å². The smallest absolute Gasteiger partial charge is 0.0948 e. The van der Waals surface area contributed by atoms with Crippen molar-refractivity contribution in [3.8, 4) is 0 Å². The summed E-state index contributed by atoms with van der Waals surface area (Å²) in [6, 6.07) is 0.821. The lowest BCUT2D eigenvalue weighted by atomic mass is 9.92. The van der Waals surface area contributed by atoms with E-state index in [9.17, 15) is 0 Å². The maximum absolute atomic E-state index is 5.97. The molecule has 4 heteroatoms. The molecule has 1 heterocycles. The summed E-state index contributed by atoms with van der Waals surface area (Å²) >= 11 is 0. The zero-order valence-corrected chi connectivity index (χ0v) is 12.5. The highest BCUT2D eigenvalue weighted by Crippen LogP contribution is 2.37. The van der Waals surface area contributed by atoms with E-state index in [4.69, 9.17) is 5.73 Å². The molecule has 1 aliphatic carbocycles. The normalized spacial score (nSPS) is 23.7. The molecule has 0 saturated heterocycles. The number of hydrogen-bond donors (Lipinski definition) is 2. The molecule has 0 amide bonds. The summed E-state index contributed by atoms with van der Waals surface area (Å²) < 4.78 is 2.23. The molecule has 19 heavy (non-hydrogen) atoms. The average molecular weight is 264 g/mol. The maximum atomic E-state index is 5.97. The topological polar surface area (TPSA) is 55.9 Å². The van der Waals surface area contributed by atoms with Gasteiger partial charge in [-0.1, -0.05) is 20.8 Å². The van der Waals surface area contributed by atoms with Crippen LogP contribution in [0.1, 0.15) is 58.2 Å². The SMILES string of the molecule is CCCn1cncc1C(CN)NC1CCC(C)(C)C1. The predicted octanol–water partition coefficient (Wildman–Crippen LogP) is 2.46. The summed E-state index contributed by atoms with van der Waals surface area (Å²) in [7, 11) is 0. The van der Waals surface area contributed by atoms with Gasteiger partial charge in [0.2, 0.25) is 0 Å². The molecule has 2 rings (SSSR count). The molecule has 108 valence electrons. The first kappa shape index (κ1) is 14.5. The fourth-order valence-corrected chi connectivity index (χ4v) is 3.19. The summed E-state index contributed by atoms with van der Waals surface area (Å²) in [6.07, 6.45) is 8.80. The number of nitrogens with zero attached hydrogens (tertiary/aromatic N) is 2. The van der Waals surface area contributed by atoms with E-state index in [2.05, 4.69) is 35.6 Å². The number of hydrogen-bond acceptors (Lipinski definition) is 3. The molecular weight excluding hydrogens is 236 g/mol. The number of rotatable bonds is 6. The van der Waals surface area contributed by atoms with E-state index in [0.29, 0.717) is 18.0 Å². The van der Waals surface area contributed by atoms with Crippen LogP contribution in [0.2, 0.25) is 0 Å². The lowest BCUT2D eigenvalue weighted by Crippen LogP contribution is -2.36. The number of nitrogens with two attached hydrogens (primary N) is 1. The van der Waals surface area contributed by atoms with Crippen molar-refractivity contribution in [1.29, 1.82) is 0 Å². The molecule has 2 atom stereocenters. The van der Waals surface area contributed by atoms with Crippen molar-refractivity contribution >= 4 is 0 Å². The van der Waals surface area contributed by atoms with Crippen molar-refractivity contribution in [2.24, 2.45) is 11.1 Å². The molecule has 0 radical (unpaired) electrons. The molecule has 0 spiro atoms. The predicted molar refractivity (Wildman–Crippen MR) is 78.9 cm³/mol. The Balaban J connectivity index is 2.02. The fraction of sp³-hybridized carbons (Fsp3) is 0.800. The van der Waals surface area contributed by atoms with Gasteiger partial charge in [-0.25, -0.2) is 4.98 Å². The van der Waals surface area contributed by atoms with Gasteiger partial charge in [-0.05, 0) is 31.1 Å². The highest BCUT2D eigenvalue weighted by molar-refractivity contribution is 5.07. The van der Waals surface area contributed by atoms with E-state index in [1.165, 1.54) is 25.0 Å². The van der Waals surface area contributed by atoms with E-state index < -0.39 is 0 Å². The molecule has 1 aliphatic rings. The van der Waals surface area contributed by atoms with E-state index in [0.717, 1.165) is 13.0 Å². The summed E-state index contributed by atoms with van der Waals surface area (Å²) in [4.78, 5) is 4.28. The number of nitrogens with one attached hydrogen (secondary N) is 1. The minimum Gasteiger partial charge on any atom is -0.333 e. The number of aryl methyl sites for hydroxylation is 1. The summed E-state index contributed by atoms with van der Waals surface area (Å²) in [5, 5.41) is 3.74. The quantitative estimate of drug-likeness (QED) is 0.830. The lowest BCUT2D eigenvalue weighted by molar-refractivity contribution is 0.350. The van der Waals surface area contributed by atoms with E-state index in [-0.39, 0.29) is 6.04 Å². The van der Waals surface area contributed by atoms with Gasteiger partial charge in [0.05, 0.1) is 18.1 Å². The Kier molecular flexibility index (Phi) is 4.63. The molecule has 1 saturated carbocycles. The Bertz CT molecular complexity index is 397. The van der Waals surface area contributed by atoms with Gasteiger partial charge in [0.25, 0.3) is 0 Å². The van der Waals surface area contributed by atoms with Crippen LogP contribution in [-0.4, -0.2) is 22.1 Å². The van der Waals surface area contributed by atoms with Crippen molar-refractivity contribution in [2.75, 3.05) is 6.54 Å². The average Bonchev–Trinajstić information content (AvgIpc) is 2.93. The standard InChI is InChI=1S/C15H28N4/c1-4-7-19-11-17-10-14(19)13(9-16)18-12-5-6-15(2,3)8-12/h10-13,18H,4-9,16H2,1-3H3. The highest BCUT2D eigenvalue weighted by atomic mass is 15.1. The second-order valence-corrected chi connectivity index (χ2v) is 6.57. The zero-order chi connectivity index (χ0) is 13.9. The minimum atomic E-state index is 0.230. The van der Waals surface area contributed by atoms with Crippen LogP contribution < -0.4 is 11.1 Å². The van der Waals surface area contributed by atoms with Gasteiger partial charge < -0.3 is 15.6 Å². The van der Waals surface area contributed by atoms with Crippen LogP contribution in [0.5, 0.6) is 0 Å². The zero-order valence-electron chi connectivity index (χ0n) is 12.5. The molecule has 2 unspecified atom stereocenters. The third-order valence-corrected chi connectivity index (χ3v) is 4.21. The molecule has 1 aromatic heterocycles. The van der Waals surface area contributed by atoms with Crippen molar-refractivity contribution in [2.45, 2.75) is 65.1 Å². The van der Waals surface area contributed by atoms with Crippen LogP contribution in [0.25, 0.3) is 0 Å². The largest absolute Gasteiger partial charge is 0.333 e. The third kappa shape index (κ3) is 3.57. The highest BCUT2D eigenvalue weighted by Gasteiger charge is 2.32. The van der Waals surface area contributed by atoms with Gasteiger partial charge in [-0.15, -0.1) is 0 Å². The van der Waals surface area contributed by atoms with E-state index in [1.54, 1.807) is 0 Å². The first-order valence-corrected chi connectivity index (χ1v) is 7.52. The van der Waals surface area contributed by atoms with Crippen molar-refractivity contribution in [1.82, 2.24) is 14.9 Å². The van der Waals surface area contributed by atoms with E-state index >= 15 is 0 Å². The molecular formula is C15H28N4. The van der Waals surface area contributed by atoms with Crippen molar-refractivity contribution in [3.05, 3.63) is 18.2 Å². The fourth-order valence-electron chi connectivity index (χ4n) is 3.19. The Morgan fingerprint density at radius 1 is 1.58 bits per heavy atom. The molecule has 0 aromatic carbocycles. The number of imidazole rings is 1. The maximum Gasteiger partial charge on any atom is 0.0948 e. The van der Waals surface area contributed by atoms with Gasteiger partial charge in [-0.3, -0.25) is 0 Å². The Hall–Kier alpha value is -0.870. The molecule has 0 aliphatic heterocycles. The first-order chi connectivity index (χ1) is 9.05. The van der Waals surface area contributed by atoms with Crippen molar-refractivity contribution < 1.29 is 0 Å². The molecule has 4 nitrogen and oxygen atoms in total. The van der Waals surface area contributed by atoms with E-state index in [1.807, 2.05) is 12.5 Å². The third-order valence-electron chi connectivity index (χ3n) is 4.21. The molecule has 1 fully saturated rings. The molecule has 3 N–H and O–H groups in total. The van der Waals surface area contributed by atoms with Crippen LogP contribution >= 0.6 is 0 Å². The summed E-state index contributed by atoms with van der Waals surface area (Å²) in [5.74, 6) is 0. The van der Waals surface area contributed by atoms with Crippen LogP contribution in [0.15, 0.2) is 12.5 Å². The monoisotopic (exact) mass is 264 g/mol. The second kappa shape index (κ2) is 6.06. The molecule has 1 aromatic rings. The van der Waals surface area contributed by atoms with Crippen LogP contribution in [-0.2, 0) is 6.54 Å². The second-order valence-electron chi connectivity index (χ2n) is 6.57. The van der Waals surface area contributed by atoms with Crippen LogP contribution in [0.4, 0.5) is 0 Å². The summed E-state index contributed by atoms with van der Waals surface area (Å²) in [6.45, 7) is 8.55. The lowest BCUT2D eigenvalue weighted by Gasteiger charge is -2.24. The van der Waals surface area contributed by atoms with Crippen molar-refractivity contribution in [3.63, 3.8) is 0 Å². The Morgan fingerprint density at radius 2 is 2.37 bits per heavy atom. The van der Waals surface area contributed by atoms with Gasteiger partial charge in [0.1, 0.15) is 0 Å². The first-order valence-electron chi connectivity index (χ1n) is 7.52. The summed E-state index contributed by atoms with van der Waals surface area (Å²) in [5.41, 5.74) is 7.67. The van der Waals surface area contributed by atoms with Gasteiger partial charge >= 0.3 is 0 Å². The van der Waals surface area contributed by atoms with Crippen LogP contribution in [0, 0.1) is 5.41 Å². The minimum absolute atomic E-state index is 0.230. The number of aromatic nitrogens is 2. The van der Waals surface area contributed by atoms with Gasteiger partial charge in [0, 0.05) is 25.3 Å². The Morgan fingerprint density at radius 3 is 2.95 bits per heavy atom. The Labute approximate surface area is 116 Å². The molecule has 0 bridgehead atoms. The van der Waals surface area contributed by atoms with Gasteiger partial charge in [0.15, 0.2) is 0 Å². The van der Waals surface area contributed by atoms with Gasteiger partial charge in [-0.2, -0.15) is 0 Å².